The molecule has 3 rings (SSSR count). The molecular formula is C20H20N2O3. The average Bonchev–Trinajstić information content (AvgIpc) is 3.05. The van der Waals surface area contributed by atoms with Crippen molar-refractivity contribution in [2.24, 2.45) is 9.98 Å². The highest BCUT2D eigenvalue weighted by Crippen LogP contribution is 2.17. The van der Waals surface area contributed by atoms with Gasteiger partial charge in [-0.05, 0) is 36.2 Å². The maximum atomic E-state index is 12.2. The van der Waals surface area contributed by atoms with Crippen LogP contribution in [-0.2, 0) is 16.1 Å². The first-order valence-corrected chi connectivity index (χ1v) is 8.22. The number of aliphatic imine (C=N–C) groups is 2. The summed E-state index contributed by atoms with van der Waals surface area (Å²) in [5.41, 5.74) is 2.57. The quantitative estimate of drug-likeness (QED) is 0.600. The molecule has 0 saturated carbocycles. The van der Waals surface area contributed by atoms with E-state index in [9.17, 15) is 4.79 Å². The van der Waals surface area contributed by atoms with E-state index in [1.54, 1.807) is 7.11 Å². The van der Waals surface area contributed by atoms with Crippen LogP contribution in [0.4, 0.5) is 0 Å². The molecule has 1 unspecified atom stereocenters. The van der Waals surface area contributed by atoms with Gasteiger partial charge in [-0.25, -0.2) is 9.79 Å². The molecule has 25 heavy (non-hydrogen) atoms. The molecule has 128 valence electrons. The predicted octanol–water partition coefficient (Wildman–Crippen LogP) is 3.42. The molecule has 1 heterocycles. The molecule has 0 fully saturated rings. The van der Waals surface area contributed by atoms with Crippen molar-refractivity contribution in [2.75, 3.05) is 7.11 Å². The second-order valence-electron chi connectivity index (χ2n) is 5.63. The summed E-state index contributed by atoms with van der Waals surface area (Å²) in [5.74, 6) is 0.801. The number of hydrogen-bond donors (Lipinski definition) is 0. The molecule has 0 aliphatic carbocycles. The van der Waals surface area contributed by atoms with Crippen LogP contribution in [0.2, 0.25) is 0 Å². The second-order valence-corrected chi connectivity index (χ2v) is 5.63. The maximum absolute atomic E-state index is 12.2. The van der Waals surface area contributed by atoms with Gasteiger partial charge >= 0.3 is 5.97 Å². The molecule has 0 bridgehead atoms. The SMILES string of the molecule is CCC(=NCc1ccc(OC)cc1)C1N=C(c2ccccc2)OC1=O. The topological polar surface area (TPSA) is 60.3 Å². The van der Waals surface area contributed by atoms with Crippen LogP contribution in [0.3, 0.4) is 0 Å². The van der Waals surface area contributed by atoms with Gasteiger partial charge in [0.2, 0.25) is 5.90 Å². The van der Waals surface area contributed by atoms with Gasteiger partial charge in [0, 0.05) is 11.3 Å². The van der Waals surface area contributed by atoms with E-state index in [0.717, 1.165) is 22.6 Å². The van der Waals surface area contributed by atoms with E-state index in [2.05, 4.69) is 9.98 Å². The molecule has 0 amide bonds. The van der Waals surface area contributed by atoms with Gasteiger partial charge in [0.05, 0.1) is 13.7 Å². The zero-order chi connectivity index (χ0) is 17.6. The van der Waals surface area contributed by atoms with Crippen molar-refractivity contribution in [2.45, 2.75) is 25.9 Å². The van der Waals surface area contributed by atoms with Crippen LogP contribution < -0.4 is 4.74 Å². The van der Waals surface area contributed by atoms with E-state index >= 15 is 0 Å². The lowest BCUT2D eigenvalue weighted by atomic mass is 10.1. The lowest BCUT2D eigenvalue weighted by Gasteiger charge is -2.07. The van der Waals surface area contributed by atoms with E-state index in [1.165, 1.54) is 0 Å². The minimum absolute atomic E-state index is 0.362. The van der Waals surface area contributed by atoms with Crippen LogP contribution in [0.1, 0.15) is 24.5 Å². The molecule has 5 heteroatoms. The van der Waals surface area contributed by atoms with Gasteiger partial charge in [0.15, 0.2) is 6.04 Å². The Balaban J connectivity index is 1.77. The van der Waals surface area contributed by atoms with E-state index < -0.39 is 6.04 Å². The lowest BCUT2D eigenvalue weighted by Crippen LogP contribution is -2.25. The fourth-order valence-electron chi connectivity index (χ4n) is 2.59. The molecule has 1 atom stereocenters. The molecule has 1 aliphatic rings. The summed E-state index contributed by atoms with van der Waals surface area (Å²) in [6.45, 7) is 2.46. The summed E-state index contributed by atoms with van der Waals surface area (Å²) in [5, 5.41) is 0. The number of hydrogen-bond acceptors (Lipinski definition) is 5. The van der Waals surface area contributed by atoms with Gasteiger partial charge in [-0.1, -0.05) is 37.3 Å². The van der Waals surface area contributed by atoms with Gasteiger partial charge in [-0.3, -0.25) is 4.99 Å². The van der Waals surface area contributed by atoms with Gasteiger partial charge in [0.1, 0.15) is 5.75 Å². The molecular weight excluding hydrogens is 316 g/mol. The van der Waals surface area contributed by atoms with Crippen molar-refractivity contribution in [3.05, 3.63) is 65.7 Å². The third-order valence-electron chi connectivity index (χ3n) is 3.99. The summed E-state index contributed by atoms with van der Waals surface area (Å²) in [7, 11) is 1.64. The molecule has 2 aromatic carbocycles. The second kappa shape index (κ2) is 7.75. The largest absolute Gasteiger partial charge is 0.497 e. The van der Waals surface area contributed by atoms with Crippen LogP contribution in [0.5, 0.6) is 5.75 Å². The Morgan fingerprint density at radius 3 is 2.52 bits per heavy atom. The fourth-order valence-corrected chi connectivity index (χ4v) is 2.59. The molecule has 5 nitrogen and oxygen atoms in total. The Hall–Kier alpha value is -2.95. The summed E-state index contributed by atoms with van der Waals surface area (Å²) < 4.78 is 10.5. The summed E-state index contributed by atoms with van der Waals surface area (Å²) >= 11 is 0. The van der Waals surface area contributed by atoms with Gasteiger partial charge < -0.3 is 9.47 Å². The summed E-state index contributed by atoms with van der Waals surface area (Å²) in [4.78, 5) is 21.3. The molecule has 0 radical (unpaired) electrons. The number of nitrogens with zero attached hydrogens (tertiary/aromatic N) is 2. The van der Waals surface area contributed by atoms with Crippen LogP contribution in [-0.4, -0.2) is 30.7 Å². The highest BCUT2D eigenvalue weighted by Gasteiger charge is 2.33. The predicted molar refractivity (Wildman–Crippen MR) is 97.3 cm³/mol. The normalized spacial score (nSPS) is 17.2. The van der Waals surface area contributed by atoms with Crippen LogP contribution in [0, 0.1) is 0 Å². The number of ether oxygens (including phenoxy) is 2. The van der Waals surface area contributed by atoms with Crippen molar-refractivity contribution in [3.63, 3.8) is 0 Å². The Bertz CT molecular complexity index is 795. The first kappa shape index (κ1) is 16.9. The standard InChI is InChI=1S/C20H20N2O3/c1-3-17(21-13-14-9-11-16(24-2)12-10-14)18-20(23)25-19(22-18)15-7-5-4-6-8-15/h4-12,18H,3,13H2,1-2H3. The lowest BCUT2D eigenvalue weighted by molar-refractivity contribution is -0.133. The monoisotopic (exact) mass is 336 g/mol. The van der Waals surface area contributed by atoms with E-state index in [-0.39, 0.29) is 5.97 Å². The number of benzene rings is 2. The number of carbonyl (C=O) groups is 1. The number of carbonyl (C=O) groups excluding carboxylic acids is 1. The van der Waals surface area contributed by atoms with Gasteiger partial charge in [0.25, 0.3) is 0 Å². The van der Waals surface area contributed by atoms with E-state index in [1.807, 2.05) is 61.5 Å². The van der Waals surface area contributed by atoms with Crippen molar-refractivity contribution >= 4 is 17.6 Å². The summed E-state index contributed by atoms with van der Waals surface area (Å²) in [6.07, 6.45) is 0.640. The number of methoxy groups -OCH3 is 1. The Morgan fingerprint density at radius 1 is 1.16 bits per heavy atom. The minimum atomic E-state index is -0.654. The van der Waals surface area contributed by atoms with Crippen molar-refractivity contribution in [1.82, 2.24) is 0 Å². The van der Waals surface area contributed by atoms with E-state index in [4.69, 9.17) is 9.47 Å². The van der Waals surface area contributed by atoms with Crippen molar-refractivity contribution in [3.8, 4) is 5.75 Å². The smallest absolute Gasteiger partial charge is 0.343 e. The minimum Gasteiger partial charge on any atom is -0.497 e. The van der Waals surface area contributed by atoms with Gasteiger partial charge in [-0.15, -0.1) is 0 Å². The van der Waals surface area contributed by atoms with Crippen LogP contribution >= 0.6 is 0 Å². The van der Waals surface area contributed by atoms with Gasteiger partial charge in [-0.2, -0.15) is 0 Å². The molecule has 0 saturated heterocycles. The molecule has 0 spiro atoms. The molecule has 0 N–H and O–H groups in total. The highest BCUT2D eigenvalue weighted by molar-refractivity contribution is 6.16. The first-order valence-electron chi connectivity index (χ1n) is 8.22. The Kier molecular flexibility index (Phi) is 5.23. The van der Waals surface area contributed by atoms with Crippen molar-refractivity contribution in [1.29, 1.82) is 0 Å². The summed E-state index contributed by atoms with van der Waals surface area (Å²) in [6, 6.07) is 16.5. The zero-order valence-corrected chi connectivity index (χ0v) is 14.3. The average molecular weight is 336 g/mol. The molecule has 1 aliphatic heterocycles. The zero-order valence-electron chi connectivity index (χ0n) is 14.3. The number of esters is 1. The third-order valence-corrected chi connectivity index (χ3v) is 3.99. The Labute approximate surface area is 147 Å². The molecule has 2 aromatic rings. The molecule has 0 aromatic heterocycles. The highest BCUT2D eigenvalue weighted by atomic mass is 16.6. The maximum Gasteiger partial charge on any atom is 0.343 e. The fraction of sp³-hybridized carbons (Fsp3) is 0.250. The van der Waals surface area contributed by atoms with Crippen LogP contribution in [0.25, 0.3) is 0 Å². The Morgan fingerprint density at radius 2 is 1.88 bits per heavy atom. The number of cyclic esters (lactones) is 1. The van der Waals surface area contributed by atoms with Crippen LogP contribution in [0.15, 0.2) is 64.6 Å². The third kappa shape index (κ3) is 3.94. The van der Waals surface area contributed by atoms with Crippen molar-refractivity contribution < 1.29 is 14.3 Å². The van der Waals surface area contributed by atoms with E-state index in [0.29, 0.717) is 18.9 Å². The number of rotatable bonds is 6. The first-order chi connectivity index (χ1) is 12.2.